The summed E-state index contributed by atoms with van der Waals surface area (Å²) in [6.45, 7) is 1.97. The number of rotatable bonds is 3. The largest absolute Gasteiger partial charge is 0.481 e. The number of carbonyl (C=O) groups is 1. The molecule has 0 saturated carbocycles. The Hall–Kier alpha value is -1.03. The normalized spacial score (nSPS) is 12.8. The van der Waals surface area contributed by atoms with Crippen molar-refractivity contribution in [2.75, 3.05) is 0 Å². The second-order valence-electron chi connectivity index (χ2n) is 2.62. The first-order valence-electron chi connectivity index (χ1n) is 3.50. The van der Waals surface area contributed by atoms with Crippen LogP contribution in [-0.2, 0) is 11.3 Å². The molecule has 12 heavy (non-hydrogen) atoms. The predicted octanol–water partition coefficient (Wildman–Crippen LogP) is 1.26. The summed E-state index contributed by atoms with van der Waals surface area (Å²) >= 11 is 5.59. The van der Waals surface area contributed by atoms with Gasteiger partial charge in [-0.15, -0.1) is 0 Å². The lowest BCUT2D eigenvalue weighted by Crippen LogP contribution is -2.16. The molecule has 0 unspecified atom stereocenters. The highest BCUT2D eigenvalue weighted by atomic mass is 35.5. The van der Waals surface area contributed by atoms with Crippen molar-refractivity contribution in [2.24, 2.45) is 5.92 Å². The Morgan fingerprint density at radius 3 is 3.00 bits per heavy atom. The Morgan fingerprint density at radius 1 is 1.92 bits per heavy atom. The predicted molar refractivity (Wildman–Crippen MR) is 44.0 cm³/mol. The van der Waals surface area contributed by atoms with Crippen LogP contribution in [0.1, 0.15) is 6.92 Å². The number of hydrogen-bond acceptors (Lipinski definition) is 2. The molecule has 1 rings (SSSR count). The van der Waals surface area contributed by atoms with E-state index in [0.29, 0.717) is 11.6 Å². The summed E-state index contributed by atoms with van der Waals surface area (Å²) in [5.41, 5.74) is 0. The second-order valence-corrected chi connectivity index (χ2v) is 3.06. The van der Waals surface area contributed by atoms with Crippen molar-refractivity contribution >= 4 is 17.6 Å². The van der Waals surface area contributed by atoms with Gasteiger partial charge in [0.25, 0.3) is 0 Å². The van der Waals surface area contributed by atoms with Gasteiger partial charge in [0.05, 0.1) is 23.7 Å². The van der Waals surface area contributed by atoms with Crippen molar-refractivity contribution in [1.82, 2.24) is 9.78 Å². The van der Waals surface area contributed by atoms with Crippen LogP contribution in [0, 0.1) is 5.92 Å². The van der Waals surface area contributed by atoms with Crippen LogP contribution in [0.4, 0.5) is 0 Å². The Labute approximate surface area is 74.8 Å². The fourth-order valence-electron chi connectivity index (χ4n) is 0.797. The van der Waals surface area contributed by atoms with Gasteiger partial charge in [-0.1, -0.05) is 18.5 Å². The lowest BCUT2D eigenvalue weighted by molar-refractivity contribution is -0.141. The summed E-state index contributed by atoms with van der Waals surface area (Å²) in [5.74, 6) is -1.28. The van der Waals surface area contributed by atoms with Crippen LogP contribution in [0.25, 0.3) is 0 Å². The average molecular weight is 189 g/mol. The average Bonchev–Trinajstić information content (AvgIpc) is 2.35. The lowest BCUT2D eigenvalue weighted by Gasteiger charge is -2.04. The smallest absolute Gasteiger partial charge is 0.308 e. The summed E-state index contributed by atoms with van der Waals surface area (Å²) < 4.78 is 1.52. The van der Waals surface area contributed by atoms with E-state index in [9.17, 15) is 4.79 Å². The molecule has 0 saturated heterocycles. The first-order valence-corrected chi connectivity index (χ1v) is 3.88. The molecule has 1 N–H and O–H groups in total. The Bertz CT molecular complexity index is 285. The molecule has 0 aliphatic carbocycles. The van der Waals surface area contributed by atoms with Gasteiger partial charge >= 0.3 is 5.97 Å². The highest BCUT2D eigenvalue weighted by molar-refractivity contribution is 6.30. The van der Waals surface area contributed by atoms with E-state index in [1.807, 2.05) is 0 Å². The van der Waals surface area contributed by atoms with Crippen molar-refractivity contribution in [3.8, 4) is 0 Å². The van der Waals surface area contributed by atoms with Gasteiger partial charge in [0, 0.05) is 6.20 Å². The van der Waals surface area contributed by atoms with E-state index < -0.39 is 11.9 Å². The minimum absolute atomic E-state index is 0.349. The molecule has 0 aliphatic heterocycles. The molecule has 4 nitrogen and oxygen atoms in total. The first-order chi connectivity index (χ1) is 5.59. The van der Waals surface area contributed by atoms with E-state index in [0.717, 1.165) is 0 Å². The molecule has 0 aliphatic rings. The summed E-state index contributed by atoms with van der Waals surface area (Å²) in [7, 11) is 0. The molecular formula is C7H9ClN2O2. The van der Waals surface area contributed by atoms with Crippen LogP contribution in [-0.4, -0.2) is 20.9 Å². The van der Waals surface area contributed by atoms with Crippen molar-refractivity contribution in [1.29, 1.82) is 0 Å². The van der Waals surface area contributed by atoms with E-state index >= 15 is 0 Å². The third kappa shape index (κ3) is 2.23. The standard InChI is InChI=1S/C7H9ClN2O2/c1-5(7(11)12)3-10-4-6(8)2-9-10/h2,4-5H,3H2,1H3,(H,11,12)/t5-/m0/s1. The molecule has 1 aromatic heterocycles. The number of halogens is 1. The number of carboxylic acids is 1. The van der Waals surface area contributed by atoms with Crippen molar-refractivity contribution in [3.05, 3.63) is 17.4 Å². The fourth-order valence-corrected chi connectivity index (χ4v) is 0.953. The van der Waals surface area contributed by atoms with Crippen LogP contribution in [0.15, 0.2) is 12.4 Å². The zero-order valence-corrected chi connectivity index (χ0v) is 7.32. The Balaban J connectivity index is 2.58. The van der Waals surface area contributed by atoms with Gasteiger partial charge in [-0.25, -0.2) is 0 Å². The maximum Gasteiger partial charge on any atom is 0.308 e. The second kappa shape index (κ2) is 3.58. The van der Waals surface area contributed by atoms with Crippen LogP contribution < -0.4 is 0 Å². The quantitative estimate of drug-likeness (QED) is 0.777. The molecule has 1 heterocycles. The summed E-state index contributed by atoms with van der Waals surface area (Å²) in [6.07, 6.45) is 3.08. The molecule has 1 aromatic rings. The van der Waals surface area contributed by atoms with Gasteiger partial charge in [-0.2, -0.15) is 5.10 Å². The van der Waals surface area contributed by atoms with Crippen LogP contribution in [0.2, 0.25) is 5.02 Å². The lowest BCUT2D eigenvalue weighted by atomic mass is 10.2. The van der Waals surface area contributed by atoms with Crippen molar-refractivity contribution in [3.63, 3.8) is 0 Å². The number of aromatic nitrogens is 2. The molecule has 0 fully saturated rings. The first kappa shape index (κ1) is 9.06. The third-order valence-corrected chi connectivity index (χ3v) is 1.68. The highest BCUT2D eigenvalue weighted by Gasteiger charge is 2.11. The minimum Gasteiger partial charge on any atom is -0.481 e. The molecule has 0 amide bonds. The zero-order chi connectivity index (χ0) is 9.14. The van der Waals surface area contributed by atoms with Gasteiger partial charge in [0.15, 0.2) is 0 Å². The zero-order valence-electron chi connectivity index (χ0n) is 6.57. The van der Waals surface area contributed by atoms with Crippen LogP contribution in [0.5, 0.6) is 0 Å². The van der Waals surface area contributed by atoms with E-state index in [2.05, 4.69) is 5.10 Å². The maximum atomic E-state index is 10.4. The molecule has 0 bridgehead atoms. The molecule has 0 radical (unpaired) electrons. The van der Waals surface area contributed by atoms with Gasteiger partial charge in [0.2, 0.25) is 0 Å². The fraction of sp³-hybridized carbons (Fsp3) is 0.429. The summed E-state index contributed by atoms with van der Waals surface area (Å²) in [5, 5.41) is 13.0. The van der Waals surface area contributed by atoms with Crippen molar-refractivity contribution < 1.29 is 9.90 Å². The molecule has 1 atom stereocenters. The van der Waals surface area contributed by atoms with Crippen LogP contribution >= 0.6 is 11.6 Å². The molecule has 0 spiro atoms. The number of aliphatic carboxylic acids is 1. The maximum absolute atomic E-state index is 10.4. The Kier molecular flexibility index (Phi) is 2.70. The number of nitrogens with zero attached hydrogens (tertiary/aromatic N) is 2. The van der Waals surface area contributed by atoms with Gasteiger partial charge in [-0.05, 0) is 0 Å². The van der Waals surface area contributed by atoms with Gasteiger partial charge < -0.3 is 5.11 Å². The SMILES string of the molecule is C[C@@H](Cn1cc(Cl)cn1)C(=O)O. The van der Waals surface area contributed by atoms with Crippen LogP contribution in [0.3, 0.4) is 0 Å². The van der Waals surface area contributed by atoms with E-state index in [1.165, 1.54) is 10.9 Å². The highest BCUT2D eigenvalue weighted by Crippen LogP contribution is 2.07. The molecule has 5 heteroatoms. The van der Waals surface area contributed by atoms with Gasteiger partial charge in [-0.3, -0.25) is 9.48 Å². The topological polar surface area (TPSA) is 55.1 Å². The number of carboxylic acid groups (broad SMARTS) is 1. The van der Waals surface area contributed by atoms with E-state index in [-0.39, 0.29) is 0 Å². The molecule has 66 valence electrons. The Morgan fingerprint density at radius 2 is 2.58 bits per heavy atom. The number of hydrogen-bond donors (Lipinski definition) is 1. The molecule has 0 aromatic carbocycles. The summed E-state index contributed by atoms with van der Waals surface area (Å²) in [6, 6.07) is 0. The third-order valence-electron chi connectivity index (χ3n) is 1.48. The van der Waals surface area contributed by atoms with Crippen molar-refractivity contribution in [2.45, 2.75) is 13.5 Å². The van der Waals surface area contributed by atoms with E-state index in [1.54, 1.807) is 13.1 Å². The monoisotopic (exact) mass is 188 g/mol. The summed E-state index contributed by atoms with van der Waals surface area (Å²) in [4.78, 5) is 10.4. The van der Waals surface area contributed by atoms with E-state index in [4.69, 9.17) is 16.7 Å². The van der Waals surface area contributed by atoms with Gasteiger partial charge in [0.1, 0.15) is 0 Å². The minimum atomic E-state index is -0.832. The molecular weight excluding hydrogens is 180 g/mol.